The van der Waals surface area contributed by atoms with Gasteiger partial charge in [-0.2, -0.15) is 0 Å². The highest BCUT2D eigenvalue weighted by Gasteiger charge is 2.19. The van der Waals surface area contributed by atoms with E-state index in [1.165, 1.54) is 24.9 Å². The Labute approximate surface area is 122 Å². The molecule has 2 rings (SSSR count). The predicted octanol–water partition coefficient (Wildman–Crippen LogP) is 2.00. The van der Waals surface area contributed by atoms with Gasteiger partial charge < -0.3 is 14.9 Å². The van der Waals surface area contributed by atoms with Gasteiger partial charge in [-0.15, -0.1) is 0 Å². The Morgan fingerprint density at radius 1 is 1.25 bits per heavy atom. The summed E-state index contributed by atoms with van der Waals surface area (Å²) in [5.74, 6) is 0.852. The summed E-state index contributed by atoms with van der Waals surface area (Å²) in [7, 11) is 2.15. The Balaban J connectivity index is 1.67. The number of pyridine rings is 1. The average Bonchev–Trinajstić information content (AvgIpc) is 2.52. The van der Waals surface area contributed by atoms with Gasteiger partial charge in [0.05, 0.1) is 0 Å². The lowest BCUT2D eigenvalue weighted by atomic mass is 9.93. The van der Waals surface area contributed by atoms with E-state index in [-0.39, 0.29) is 0 Å². The number of hydrogen-bond acceptors (Lipinski definition) is 4. The van der Waals surface area contributed by atoms with Crippen molar-refractivity contribution in [3.05, 3.63) is 24.5 Å². The number of hydrogen-bond donors (Lipinski definition) is 1. The Morgan fingerprint density at radius 3 is 2.60 bits per heavy atom. The summed E-state index contributed by atoms with van der Waals surface area (Å²) in [5, 5.41) is 8.83. The average molecular weight is 277 g/mol. The molecular formula is C16H27N3O. The monoisotopic (exact) mass is 277 g/mol. The summed E-state index contributed by atoms with van der Waals surface area (Å²) in [6, 6.07) is 4.20. The standard InChI is InChI=1S/C16H27N3O/c1-18(10-2-14-20)11-5-15-6-12-19(13-7-15)16-3-8-17-9-4-16/h3-4,8-9,15,20H,2,5-7,10-14H2,1H3. The normalized spacial score (nSPS) is 16.9. The van der Waals surface area contributed by atoms with Crippen LogP contribution in [0.5, 0.6) is 0 Å². The third-order valence-corrected chi connectivity index (χ3v) is 4.26. The van der Waals surface area contributed by atoms with Crippen LogP contribution in [0.3, 0.4) is 0 Å². The van der Waals surface area contributed by atoms with Gasteiger partial charge >= 0.3 is 0 Å². The highest BCUT2D eigenvalue weighted by Crippen LogP contribution is 2.24. The van der Waals surface area contributed by atoms with Crippen molar-refractivity contribution in [1.82, 2.24) is 9.88 Å². The van der Waals surface area contributed by atoms with Gasteiger partial charge in [0.15, 0.2) is 0 Å². The van der Waals surface area contributed by atoms with E-state index in [0.29, 0.717) is 6.61 Å². The summed E-state index contributed by atoms with van der Waals surface area (Å²) in [4.78, 5) is 8.88. The summed E-state index contributed by atoms with van der Waals surface area (Å²) in [5.41, 5.74) is 1.30. The Morgan fingerprint density at radius 2 is 1.95 bits per heavy atom. The van der Waals surface area contributed by atoms with E-state index in [2.05, 4.69) is 34.0 Å². The first-order valence-electron chi connectivity index (χ1n) is 7.74. The first-order chi connectivity index (χ1) is 9.79. The lowest BCUT2D eigenvalue weighted by molar-refractivity contribution is 0.233. The smallest absolute Gasteiger partial charge is 0.0443 e. The van der Waals surface area contributed by atoms with E-state index in [4.69, 9.17) is 5.11 Å². The minimum atomic E-state index is 0.300. The minimum Gasteiger partial charge on any atom is -0.396 e. The van der Waals surface area contributed by atoms with Crippen molar-refractivity contribution in [2.75, 3.05) is 44.7 Å². The first kappa shape index (κ1) is 15.3. The van der Waals surface area contributed by atoms with Gasteiger partial charge in [-0.3, -0.25) is 4.98 Å². The third-order valence-electron chi connectivity index (χ3n) is 4.26. The van der Waals surface area contributed by atoms with Gasteiger partial charge in [0.25, 0.3) is 0 Å². The molecule has 0 amide bonds. The molecule has 0 bridgehead atoms. The lowest BCUT2D eigenvalue weighted by Gasteiger charge is -2.34. The zero-order valence-electron chi connectivity index (χ0n) is 12.5. The lowest BCUT2D eigenvalue weighted by Crippen LogP contribution is -2.35. The molecule has 0 saturated carbocycles. The van der Waals surface area contributed by atoms with Gasteiger partial charge in [0.2, 0.25) is 0 Å². The summed E-state index contributed by atoms with van der Waals surface area (Å²) < 4.78 is 0. The molecule has 4 nitrogen and oxygen atoms in total. The quantitative estimate of drug-likeness (QED) is 0.827. The molecule has 0 atom stereocenters. The zero-order valence-corrected chi connectivity index (χ0v) is 12.5. The number of aliphatic hydroxyl groups excluding tert-OH is 1. The molecule has 1 N–H and O–H groups in total. The summed E-state index contributed by atoms with van der Waals surface area (Å²) in [6.45, 7) is 4.78. The molecule has 2 heterocycles. The molecule has 0 spiro atoms. The van der Waals surface area contributed by atoms with E-state index >= 15 is 0 Å². The number of piperidine rings is 1. The van der Waals surface area contributed by atoms with Crippen molar-refractivity contribution in [2.24, 2.45) is 5.92 Å². The number of rotatable bonds is 7. The zero-order chi connectivity index (χ0) is 14.2. The molecule has 1 aliphatic rings. The van der Waals surface area contributed by atoms with Crippen LogP contribution in [0.4, 0.5) is 5.69 Å². The van der Waals surface area contributed by atoms with E-state index < -0.39 is 0 Å². The van der Waals surface area contributed by atoms with Crippen molar-refractivity contribution in [3.63, 3.8) is 0 Å². The topological polar surface area (TPSA) is 39.6 Å². The van der Waals surface area contributed by atoms with Crippen LogP contribution in [0.1, 0.15) is 25.7 Å². The summed E-state index contributed by atoms with van der Waals surface area (Å²) >= 11 is 0. The summed E-state index contributed by atoms with van der Waals surface area (Å²) in [6.07, 6.45) is 8.49. The van der Waals surface area contributed by atoms with Crippen LogP contribution in [-0.2, 0) is 0 Å². The second kappa shape index (κ2) is 8.22. The maximum Gasteiger partial charge on any atom is 0.0443 e. The molecule has 0 radical (unpaired) electrons. The van der Waals surface area contributed by atoms with E-state index in [1.54, 1.807) is 0 Å². The predicted molar refractivity (Wildman–Crippen MR) is 83.0 cm³/mol. The van der Waals surface area contributed by atoms with Gasteiger partial charge in [0, 0.05) is 44.3 Å². The Kier molecular flexibility index (Phi) is 6.27. The van der Waals surface area contributed by atoms with Crippen LogP contribution in [-0.4, -0.2) is 54.8 Å². The van der Waals surface area contributed by atoms with Crippen LogP contribution in [0.25, 0.3) is 0 Å². The molecule has 1 aromatic rings. The molecule has 1 saturated heterocycles. The molecule has 112 valence electrons. The number of anilines is 1. The Hall–Kier alpha value is -1.13. The molecule has 0 aromatic carbocycles. The molecule has 20 heavy (non-hydrogen) atoms. The fourth-order valence-electron chi connectivity index (χ4n) is 2.89. The fourth-order valence-corrected chi connectivity index (χ4v) is 2.89. The molecule has 0 unspecified atom stereocenters. The van der Waals surface area contributed by atoms with Crippen molar-refractivity contribution in [3.8, 4) is 0 Å². The molecular weight excluding hydrogens is 250 g/mol. The van der Waals surface area contributed by atoms with E-state index in [1.807, 2.05) is 12.4 Å². The van der Waals surface area contributed by atoms with Gasteiger partial charge in [-0.25, -0.2) is 0 Å². The second-order valence-corrected chi connectivity index (χ2v) is 5.80. The largest absolute Gasteiger partial charge is 0.396 e. The molecule has 1 aliphatic heterocycles. The highest BCUT2D eigenvalue weighted by atomic mass is 16.3. The van der Waals surface area contributed by atoms with Gasteiger partial charge in [-0.05, 0) is 57.3 Å². The minimum absolute atomic E-state index is 0.300. The van der Waals surface area contributed by atoms with Crippen molar-refractivity contribution in [2.45, 2.75) is 25.7 Å². The van der Waals surface area contributed by atoms with Crippen LogP contribution >= 0.6 is 0 Å². The van der Waals surface area contributed by atoms with Crippen molar-refractivity contribution in [1.29, 1.82) is 0 Å². The van der Waals surface area contributed by atoms with E-state index in [9.17, 15) is 0 Å². The van der Waals surface area contributed by atoms with Gasteiger partial charge in [-0.1, -0.05) is 0 Å². The molecule has 1 fully saturated rings. The first-order valence-corrected chi connectivity index (χ1v) is 7.74. The number of aromatic nitrogens is 1. The number of nitrogens with zero attached hydrogens (tertiary/aromatic N) is 3. The van der Waals surface area contributed by atoms with Crippen LogP contribution in [0.2, 0.25) is 0 Å². The molecule has 1 aromatic heterocycles. The van der Waals surface area contributed by atoms with Crippen LogP contribution < -0.4 is 4.90 Å². The van der Waals surface area contributed by atoms with Crippen molar-refractivity contribution < 1.29 is 5.11 Å². The third kappa shape index (κ3) is 4.76. The molecule has 4 heteroatoms. The second-order valence-electron chi connectivity index (χ2n) is 5.80. The maximum atomic E-state index is 8.83. The highest BCUT2D eigenvalue weighted by molar-refractivity contribution is 5.44. The SMILES string of the molecule is CN(CCCO)CCC1CCN(c2ccncc2)CC1. The Bertz CT molecular complexity index is 363. The van der Waals surface area contributed by atoms with Crippen LogP contribution in [0, 0.1) is 5.92 Å². The maximum absolute atomic E-state index is 8.83. The van der Waals surface area contributed by atoms with Crippen molar-refractivity contribution >= 4 is 5.69 Å². The number of aliphatic hydroxyl groups is 1. The molecule has 0 aliphatic carbocycles. The fraction of sp³-hybridized carbons (Fsp3) is 0.688. The van der Waals surface area contributed by atoms with Crippen LogP contribution in [0.15, 0.2) is 24.5 Å². The van der Waals surface area contributed by atoms with E-state index in [0.717, 1.165) is 38.5 Å². The van der Waals surface area contributed by atoms with Gasteiger partial charge in [0.1, 0.15) is 0 Å².